The minimum atomic E-state index is -4.43. The van der Waals surface area contributed by atoms with Crippen molar-refractivity contribution in [2.75, 3.05) is 17.8 Å². The van der Waals surface area contributed by atoms with Gasteiger partial charge in [-0.3, -0.25) is 9.62 Å². The van der Waals surface area contributed by atoms with Crippen LogP contribution in [0.3, 0.4) is 0 Å². The number of hydrogen-bond donors (Lipinski definition) is 1. The monoisotopic (exact) mass is 532 g/mol. The van der Waals surface area contributed by atoms with Crippen LogP contribution in [0, 0.1) is 17.6 Å². The van der Waals surface area contributed by atoms with Crippen molar-refractivity contribution in [3.8, 4) is 0 Å². The molecule has 0 bridgehead atoms. The zero-order chi connectivity index (χ0) is 25.2. The van der Waals surface area contributed by atoms with Gasteiger partial charge in [-0.15, -0.1) is 0 Å². The molecule has 0 amide bonds. The predicted octanol–water partition coefficient (Wildman–Crippen LogP) is 5.18. The highest BCUT2D eigenvalue weighted by molar-refractivity contribution is 7.93. The number of rotatable bonds is 7. The summed E-state index contributed by atoms with van der Waals surface area (Å²) in [7, 11) is -4.43. The van der Waals surface area contributed by atoms with Gasteiger partial charge in [0.25, 0.3) is 10.0 Å². The minimum Gasteiger partial charge on any atom is -0.296 e. The van der Waals surface area contributed by atoms with Gasteiger partial charge in [0.15, 0.2) is 0 Å². The number of aromatic nitrogens is 2. The van der Waals surface area contributed by atoms with Gasteiger partial charge in [-0.25, -0.2) is 22.2 Å². The van der Waals surface area contributed by atoms with Crippen molar-refractivity contribution in [2.45, 2.75) is 36.4 Å². The summed E-state index contributed by atoms with van der Waals surface area (Å²) in [6.45, 7) is 0.321. The average molecular weight is 533 g/mol. The van der Waals surface area contributed by atoms with E-state index in [0.29, 0.717) is 6.07 Å². The van der Waals surface area contributed by atoms with Gasteiger partial charge in [0, 0.05) is 24.1 Å². The van der Waals surface area contributed by atoms with Gasteiger partial charge in [0.2, 0.25) is 5.13 Å². The van der Waals surface area contributed by atoms with Crippen molar-refractivity contribution in [1.82, 2.24) is 14.3 Å². The number of hydrogen-bond acceptors (Lipinski definition) is 6. The fourth-order valence-corrected chi connectivity index (χ4v) is 5.95. The Balaban J connectivity index is 1.51. The highest BCUT2D eigenvalue weighted by atomic mass is 32.2. The van der Waals surface area contributed by atoms with E-state index in [9.17, 15) is 30.4 Å². The first-order valence-corrected chi connectivity index (χ1v) is 12.9. The molecule has 0 unspecified atom stereocenters. The number of sulfonamides is 1. The third-order valence-corrected chi connectivity index (χ3v) is 8.07. The Labute approximate surface area is 203 Å². The van der Waals surface area contributed by atoms with Crippen LogP contribution in [0.5, 0.6) is 0 Å². The highest BCUT2D eigenvalue weighted by Gasteiger charge is 2.44. The van der Waals surface area contributed by atoms with Crippen molar-refractivity contribution in [3.05, 3.63) is 71.6 Å². The van der Waals surface area contributed by atoms with E-state index in [2.05, 4.69) is 9.36 Å². The summed E-state index contributed by atoms with van der Waals surface area (Å²) in [6.07, 6.45) is -3.41. The summed E-state index contributed by atoms with van der Waals surface area (Å²) in [4.78, 5) is 4.61. The number of piperidine rings is 1. The molecular formula is C22H21F5N4O2S2. The van der Waals surface area contributed by atoms with Crippen molar-refractivity contribution in [3.63, 3.8) is 0 Å². The van der Waals surface area contributed by atoms with Crippen LogP contribution in [0.1, 0.15) is 30.0 Å². The summed E-state index contributed by atoms with van der Waals surface area (Å²) >= 11 is 0.738. The predicted molar refractivity (Wildman–Crippen MR) is 120 cm³/mol. The molecule has 2 atom stereocenters. The first-order chi connectivity index (χ1) is 16.5. The molecule has 13 heteroatoms. The molecule has 1 aliphatic rings. The van der Waals surface area contributed by atoms with Crippen molar-refractivity contribution in [1.29, 1.82) is 0 Å². The molecule has 1 aromatic heterocycles. The van der Waals surface area contributed by atoms with Crippen LogP contribution in [0.2, 0.25) is 0 Å². The topological polar surface area (TPSA) is 75.2 Å². The van der Waals surface area contributed by atoms with Crippen LogP contribution >= 0.6 is 11.5 Å². The fourth-order valence-electron chi connectivity index (χ4n) is 4.22. The maximum Gasteiger partial charge on any atom is 0.391 e. The lowest BCUT2D eigenvalue weighted by Crippen LogP contribution is -2.42. The number of halogens is 5. The molecule has 0 radical (unpaired) electrons. The van der Waals surface area contributed by atoms with E-state index in [0.717, 1.165) is 29.5 Å². The van der Waals surface area contributed by atoms with E-state index in [1.807, 2.05) is 9.62 Å². The molecule has 1 aliphatic heterocycles. The first kappa shape index (κ1) is 25.5. The average Bonchev–Trinajstić information content (AvgIpc) is 3.31. The molecule has 1 fully saturated rings. The second kappa shape index (κ2) is 10.2. The Morgan fingerprint density at radius 2 is 1.86 bits per heavy atom. The maximum absolute atomic E-state index is 14.8. The van der Waals surface area contributed by atoms with Gasteiger partial charge in [0.05, 0.1) is 5.92 Å². The molecule has 188 valence electrons. The molecule has 2 heterocycles. The molecule has 4 rings (SSSR count). The van der Waals surface area contributed by atoms with Gasteiger partial charge in [-0.2, -0.15) is 17.5 Å². The zero-order valence-electron chi connectivity index (χ0n) is 18.2. The van der Waals surface area contributed by atoms with Crippen molar-refractivity contribution in [2.24, 2.45) is 5.92 Å². The Morgan fingerprint density at radius 3 is 2.51 bits per heavy atom. The van der Waals surface area contributed by atoms with Gasteiger partial charge < -0.3 is 0 Å². The number of anilines is 1. The molecule has 0 saturated carbocycles. The van der Waals surface area contributed by atoms with Crippen LogP contribution in [-0.4, -0.2) is 41.9 Å². The molecule has 2 aromatic carbocycles. The lowest BCUT2D eigenvalue weighted by Gasteiger charge is -2.40. The standard InChI is InChI=1S/C22H21F5N4O2S2/c23-17-12-20(35(32,33)30-21-28-13-29-34-21)18(24)10-15(17)6-8-31-9-7-16(22(25,26)27)11-19(31)14-4-2-1-3-5-14/h1-5,10,12-13,16,19H,6-9,11H2,(H,28,29,30)/t16-,19-/m1/s1. The Bertz CT molecular complexity index is 1250. The molecule has 0 aliphatic carbocycles. The van der Waals surface area contributed by atoms with Crippen LogP contribution in [0.4, 0.5) is 27.1 Å². The quantitative estimate of drug-likeness (QED) is 0.425. The number of nitrogens with zero attached hydrogens (tertiary/aromatic N) is 3. The molecule has 3 aromatic rings. The highest BCUT2D eigenvalue weighted by Crippen LogP contribution is 2.42. The van der Waals surface area contributed by atoms with Gasteiger partial charge >= 0.3 is 6.18 Å². The molecule has 35 heavy (non-hydrogen) atoms. The maximum atomic E-state index is 14.8. The zero-order valence-corrected chi connectivity index (χ0v) is 19.8. The molecule has 6 nitrogen and oxygen atoms in total. The Kier molecular flexibility index (Phi) is 7.38. The minimum absolute atomic E-state index is 0.00702. The van der Waals surface area contributed by atoms with E-state index >= 15 is 0 Å². The number of alkyl halides is 3. The third kappa shape index (κ3) is 5.96. The van der Waals surface area contributed by atoms with Gasteiger partial charge in [-0.1, -0.05) is 30.3 Å². The molecule has 1 saturated heterocycles. The second-order valence-electron chi connectivity index (χ2n) is 8.20. The first-order valence-electron chi connectivity index (χ1n) is 10.7. The van der Waals surface area contributed by atoms with Crippen LogP contribution in [-0.2, 0) is 16.4 Å². The van der Waals surface area contributed by atoms with Crippen LogP contribution < -0.4 is 4.72 Å². The second-order valence-corrected chi connectivity index (χ2v) is 10.6. The largest absolute Gasteiger partial charge is 0.391 e. The summed E-state index contributed by atoms with van der Waals surface area (Å²) in [5, 5.41) is -0.0944. The Morgan fingerprint density at radius 1 is 1.11 bits per heavy atom. The summed E-state index contributed by atoms with van der Waals surface area (Å²) in [5.74, 6) is -3.51. The summed E-state index contributed by atoms with van der Waals surface area (Å²) in [6, 6.07) is 9.64. The molecular weight excluding hydrogens is 511 g/mol. The number of likely N-dealkylation sites (tertiary alicyclic amines) is 1. The van der Waals surface area contributed by atoms with Crippen LogP contribution in [0.15, 0.2) is 53.7 Å². The number of nitrogens with one attached hydrogen (secondary N) is 1. The number of benzene rings is 2. The van der Waals surface area contributed by atoms with Gasteiger partial charge in [-0.05, 0) is 49.1 Å². The SMILES string of the molecule is O=S(=O)(Nc1ncns1)c1cc(F)c(CCN2CC[C@@H](C(F)(F)F)C[C@@H]2c2ccccc2)cc1F. The van der Waals surface area contributed by atoms with E-state index < -0.39 is 44.7 Å². The van der Waals surface area contributed by atoms with Crippen molar-refractivity contribution >= 4 is 26.7 Å². The van der Waals surface area contributed by atoms with Gasteiger partial charge in [0.1, 0.15) is 22.9 Å². The summed E-state index contributed by atoms with van der Waals surface area (Å²) < 4.78 is 100. The van der Waals surface area contributed by atoms with E-state index in [-0.39, 0.29) is 43.0 Å². The lowest BCUT2D eigenvalue weighted by atomic mass is 9.86. The Hall–Kier alpha value is -2.64. The van der Waals surface area contributed by atoms with Crippen molar-refractivity contribution < 1.29 is 30.4 Å². The fraction of sp³-hybridized carbons (Fsp3) is 0.364. The van der Waals surface area contributed by atoms with E-state index in [1.165, 1.54) is 0 Å². The summed E-state index contributed by atoms with van der Waals surface area (Å²) in [5.41, 5.74) is 0.652. The van der Waals surface area contributed by atoms with Crippen LogP contribution in [0.25, 0.3) is 0 Å². The molecule has 0 spiro atoms. The lowest BCUT2D eigenvalue weighted by molar-refractivity contribution is -0.190. The smallest absolute Gasteiger partial charge is 0.296 e. The normalized spacial score (nSPS) is 19.6. The molecule has 1 N–H and O–H groups in total. The van der Waals surface area contributed by atoms with E-state index in [1.54, 1.807) is 30.3 Å². The third-order valence-electron chi connectivity index (χ3n) is 6.00. The van der Waals surface area contributed by atoms with E-state index in [4.69, 9.17) is 0 Å².